The van der Waals surface area contributed by atoms with E-state index in [-0.39, 0.29) is 5.91 Å². The van der Waals surface area contributed by atoms with Crippen molar-refractivity contribution in [3.05, 3.63) is 90.0 Å². The van der Waals surface area contributed by atoms with Gasteiger partial charge in [0.2, 0.25) is 5.91 Å². The zero-order valence-electron chi connectivity index (χ0n) is 15.0. The van der Waals surface area contributed by atoms with Crippen molar-refractivity contribution in [3.8, 4) is 0 Å². The van der Waals surface area contributed by atoms with Crippen molar-refractivity contribution in [2.75, 3.05) is 4.90 Å². The van der Waals surface area contributed by atoms with Crippen molar-refractivity contribution in [1.29, 1.82) is 0 Å². The zero-order chi connectivity index (χ0) is 17.9. The normalized spacial score (nSPS) is 18.8. The zero-order valence-corrected chi connectivity index (χ0v) is 15.0. The Labute approximate surface area is 150 Å². The average Bonchev–Trinajstić information content (AvgIpc) is 2.84. The molecule has 1 heterocycles. The Morgan fingerprint density at radius 3 is 2.40 bits per heavy atom. The van der Waals surface area contributed by atoms with Crippen LogP contribution in [0.3, 0.4) is 0 Å². The van der Waals surface area contributed by atoms with Crippen molar-refractivity contribution < 1.29 is 4.79 Å². The Bertz CT molecular complexity index is 802. The number of para-hydroxylation sites is 1. The van der Waals surface area contributed by atoms with Crippen LogP contribution in [0.25, 0.3) is 0 Å². The molecule has 2 heteroatoms. The fraction of sp³-hybridized carbons (Fsp3) is 0.261. The predicted octanol–water partition coefficient (Wildman–Crippen LogP) is 5.40. The Morgan fingerprint density at radius 1 is 1.04 bits per heavy atom. The molecule has 3 rings (SSSR count). The third-order valence-electron chi connectivity index (χ3n) is 4.90. The molecule has 0 aliphatic carbocycles. The first-order valence-electron chi connectivity index (χ1n) is 8.78. The van der Waals surface area contributed by atoms with Crippen molar-refractivity contribution in [1.82, 2.24) is 0 Å². The molecule has 0 spiro atoms. The summed E-state index contributed by atoms with van der Waals surface area (Å²) in [6, 6.07) is 18.4. The number of benzene rings is 2. The van der Waals surface area contributed by atoms with Crippen LogP contribution in [0.4, 0.5) is 5.69 Å². The summed E-state index contributed by atoms with van der Waals surface area (Å²) >= 11 is 0. The number of rotatable bonds is 6. The van der Waals surface area contributed by atoms with Gasteiger partial charge in [-0.2, -0.15) is 0 Å². The van der Waals surface area contributed by atoms with Crippen LogP contribution in [0.5, 0.6) is 0 Å². The van der Waals surface area contributed by atoms with Crippen LogP contribution in [-0.4, -0.2) is 5.91 Å². The SMILES string of the molecule is C=CC[C@]1(CC=C(C)C)C(=O)N(Cc2ccccc2)c2ccccc21. The molecule has 2 nitrogen and oxygen atoms in total. The Kier molecular flexibility index (Phi) is 4.89. The smallest absolute Gasteiger partial charge is 0.238 e. The fourth-order valence-electron chi connectivity index (χ4n) is 3.62. The summed E-state index contributed by atoms with van der Waals surface area (Å²) in [5.74, 6) is 0.176. The number of hydrogen-bond acceptors (Lipinski definition) is 1. The lowest BCUT2D eigenvalue weighted by atomic mass is 9.75. The fourth-order valence-corrected chi connectivity index (χ4v) is 3.62. The van der Waals surface area contributed by atoms with Crippen LogP contribution < -0.4 is 4.90 Å². The van der Waals surface area contributed by atoms with Gasteiger partial charge in [0.1, 0.15) is 0 Å². The Balaban J connectivity index is 2.07. The summed E-state index contributed by atoms with van der Waals surface area (Å²) < 4.78 is 0. The van der Waals surface area contributed by atoms with E-state index < -0.39 is 5.41 Å². The first kappa shape index (κ1) is 17.2. The molecule has 2 aromatic rings. The first-order valence-corrected chi connectivity index (χ1v) is 8.78. The number of carbonyl (C=O) groups excluding carboxylic acids is 1. The molecular weight excluding hydrogens is 306 g/mol. The summed E-state index contributed by atoms with van der Waals surface area (Å²) in [5.41, 5.74) is 3.98. The lowest BCUT2D eigenvalue weighted by Crippen LogP contribution is -2.39. The summed E-state index contributed by atoms with van der Waals surface area (Å²) in [4.78, 5) is 15.5. The van der Waals surface area contributed by atoms with Gasteiger partial charge in [0.05, 0.1) is 12.0 Å². The number of anilines is 1. The minimum atomic E-state index is -0.537. The average molecular weight is 331 g/mol. The van der Waals surface area contributed by atoms with Gasteiger partial charge in [0.15, 0.2) is 0 Å². The number of carbonyl (C=O) groups is 1. The van der Waals surface area contributed by atoms with E-state index in [0.29, 0.717) is 19.4 Å². The maximum Gasteiger partial charge on any atom is 0.238 e. The Hall–Kier alpha value is -2.61. The third-order valence-corrected chi connectivity index (χ3v) is 4.90. The second kappa shape index (κ2) is 7.10. The minimum Gasteiger partial charge on any atom is -0.307 e. The second-order valence-electron chi connectivity index (χ2n) is 6.95. The van der Waals surface area contributed by atoms with Gasteiger partial charge in [0.25, 0.3) is 0 Å². The van der Waals surface area contributed by atoms with Crippen molar-refractivity contribution >= 4 is 11.6 Å². The molecule has 0 fully saturated rings. The molecule has 1 atom stereocenters. The van der Waals surface area contributed by atoms with E-state index in [1.165, 1.54) is 5.57 Å². The molecule has 0 unspecified atom stereocenters. The molecule has 1 aliphatic heterocycles. The minimum absolute atomic E-state index is 0.176. The molecule has 2 aromatic carbocycles. The van der Waals surface area contributed by atoms with E-state index in [0.717, 1.165) is 16.8 Å². The van der Waals surface area contributed by atoms with Crippen molar-refractivity contribution in [3.63, 3.8) is 0 Å². The summed E-state index contributed by atoms with van der Waals surface area (Å²) in [5, 5.41) is 0. The van der Waals surface area contributed by atoms with Gasteiger partial charge in [-0.15, -0.1) is 6.58 Å². The highest BCUT2D eigenvalue weighted by Crippen LogP contribution is 2.47. The highest BCUT2D eigenvalue weighted by molar-refractivity contribution is 6.08. The molecule has 1 aliphatic rings. The van der Waals surface area contributed by atoms with Gasteiger partial charge in [-0.1, -0.05) is 66.3 Å². The number of nitrogens with zero attached hydrogens (tertiary/aromatic N) is 1. The lowest BCUT2D eigenvalue weighted by Gasteiger charge is -2.27. The summed E-state index contributed by atoms with van der Waals surface area (Å²) in [7, 11) is 0. The van der Waals surface area contributed by atoms with Gasteiger partial charge in [0, 0.05) is 5.69 Å². The first-order chi connectivity index (χ1) is 12.1. The third kappa shape index (κ3) is 3.17. The number of amides is 1. The van der Waals surface area contributed by atoms with Crippen LogP contribution in [-0.2, 0) is 16.8 Å². The van der Waals surface area contributed by atoms with E-state index in [9.17, 15) is 4.79 Å². The lowest BCUT2D eigenvalue weighted by molar-refractivity contribution is -0.123. The topological polar surface area (TPSA) is 20.3 Å². The van der Waals surface area contributed by atoms with E-state index in [1.54, 1.807) is 0 Å². The molecule has 0 saturated carbocycles. The summed E-state index contributed by atoms with van der Waals surface area (Å²) in [6.07, 6.45) is 5.41. The molecule has 1 amide bonds. The molecule has 0 saturated heterocycles. The monoisotopic (exact) mass is 331 g/mol. The van der Waals surface area contributed by atoms with Gasteiger partial charge < -0.3 is 4.90 Å². The highest BCUT2D eigenvalue weighted by Gasteiger charge is 2.48. The van der Waals surface area contributed by atoms with Gasteiger partial charge in [-0.3, -0.25) is 4.79 Å². The van der Waals surface area contributed by atoms with E-state index in [4.69, 9.17) is 0 Å². The van der Waals surface area contributed by atoms with Crippen LogP contribution in [0, 0.1) is 0 Å². The standard InChI is InChI=1S/C23H25NO/c1-4-15-23(16-14-18(2)3)20-12-8-9-13-21(20)24(22(23)25)17-19-10-6-5-7-11-19/h4-14H,1,15-17H2,2-3H3/t23-/m1/s1. The molecule has 25 heavy (non-hydrogen) atoms. The highest BCUT2D eigenvalue weighted by atomic mass is 16.2. The van der Waals surface area contributed by atoms with Gasteiger partial charge in [-0.25, -0.2) is 0 Å². The molecule has 0 aromatic heterocycles. The number of allylic oxidation sites excluding steroid dienone is 3. The van der Waals surface area contributed by atoms with Gasteiger partial charge in [-0.05, 0) is 43.9 Å². The number of hydrogen-bond donors (Lipinski definition) is 0. The second-order valence-corrected chi connectivity index (χ2v) is 6.95. The molecule has 0 radical (unpaired) electrons. The van der Waals surface area contributed by atoms with Crippen molar-refractivity contribution in [2.45, 2.75) is 38.6 Å². The largest absolute Gasteiger partial charge is 0.307 e. The van der Waals surface area contributed by atoms with E-state index in [2.05, 4.69) is 50.8 Å². The van der Waals surface area contributed by atoms with E-state index >= 15 is 0 Å². The molecule has 0 N–H and O–H groups in total. The number of fused-ring (bicyclic) bond motifs is 1. The predicted molar refractivity (Wildman–Crippen MR) is 105 cm³/mol. The van der Waals surface area contributed by atoms with E-state index in [1.807, 2.05) is 41.3 Å². The van der Waals surface area contributed by atoms with Crippen LogP contribution in [0.1, 0.15) is 37.8 Å². The molecular formula is C23H25NO. The van der Waals surface area contributed by atoms with Crippen LogP contribution >= 0.6 is 0 Å². The summed E-state index contributed by atoms with van der Waals surface area (Å²) in [6.45, 7) is 8.68. The molecule has 0 bridgehead atoms. The van der Waals surface area contributed by atoms with Crippen LogP contribution in [0.15, 0.2) is 78.9 Å². The molecule has 128 valence electrons. The van der Waals surface area contributed by atoms with Gasteiger partial charge >= 0.3 is 0 Å². The van der Waals surface area contributed by atoms with Crippen molar-refractivity contribution in [2.24, 2.45) is 0 Å². The maximum atomic E-state index is 13.5. The Morgan fingerprint density at radius 2 is 1.72 bits per heavy atom. The maximum absolute atomic E-state index is 13.5. The van der Waals surface area contributed by atoms with Crippen LogP contribution in [0.2, 0.25) is 0 Å². The quantitative estimate of drug-likeness (QED) is 0.649.